The van der Waals surface area contributed by atoms with Gasteiger partial charge in [0.2, 0.25) is 0 Å². The second kappa shape index (κ2) is 5.87. The van der Waals surface area contributed by atoms with E-state index in [4.69, 9.17) is 34.0 Å². The number of carboxylic acids is 1. The van der Waals surface area contributed by atoms with E-state index in [1.54, 1.807) is 12.1 Å². The Kier molecular flexibility index (Phi) is 4.37. The zero-order valence-corrected chi connectivity index (χ0v) is 12.9. The predicted octanol–water partition coefficient (Wildman–Crippen LogP) is 4.17. The van der Waals surface area contributed by atoms with Crippen LogP contribution in [0.5, 0.6) is 0 Å². The molecule has 0 saturated heterocycles. The molecule has 104 valence electrons. The number of carboxylic acid groups (broad SMARTS) is 1. The Hall–Kier alpha value is -1.50. The van der Waals surface area contributed by atoms with Crippen molar-refractivity contribution < 1.29 is 9.90 Å². The van der Waals surface area contributed by atoms with Crippen LogP contribution in [-0.4, -0.2) is 16.1 Å². The van der Waals surface area contributed by atoms with Crippen LogP contribution < -0.4 is 11.1 Å². The number of carbonyl (C=O) groups is 1. The third kappa shape index (κ3) is 2.98. The summed E-state index contributed by atoms with van der Waals surface area (Å²) < 4.78 is 0.664. The quantitative estimate of drug-likeness (QED) is 0.699. The highest BCUT2D eigenvalue weighted by atomic mass is 79.9. The molecular formula is C12H8BrCl2N3O2. The minimum absolute atomic E-state index is 0.00739. The van der Waals surface area contributed by atoms with E-state index in [2.05, 4.69) is 26.2 Å². The highest BCUT2D eigenvalue weighted by Crippen LogP contribution is 2.37. The van der Waals surface area contributed by atoms with Gasteiger partial charge in [0.1, 0.15) is 0 Å². The molecule has 1 aromatic heterocycles. The number of nitrogen functional groups attached to an aromatic ring is 1. The van der Waals surface area contributed by atoms with Crippen molar-refractivity contribution in [2.24, 2.45) is 0 Å². The van der Waals surface area contributed by atoms with Gasteiger partial charge in [0.25, 0.3) is 0 Å². The van der Waals surface area contributed by atoms with Crippen LogP contribution in [0.1, 0.15) is 10.4 Å². The Balaban J connectivity index is 2.36. The third-order valence-electron chi connectivity index (χ3n) is 2.45. The van der Waals surface area contributed by atoms with Gasteiger partial charge in [-0.2, -0.15) is 0 Å². The molecule has 0 radical (unpaired) electrons. The molecule has 0 saturated carbocycles. The van der Waals surface area contributed by atoms with Crippen molar-refractivity contribution in [3.05, 3.63) is 44.5 Å². The largest absolute Gasteiger partial charge is 0.478 e. The summed E-state index contributed by atoms with van der Waals surface area (Å²) in [5, 5.41) is 12.4. The first kappa shape index (κ1) is 14.9. The van der Waals surface area contributed by atoms with Gasteiger partial charge in [0, 0.05) is 10.7 Å². The molecule has 0 spiro atoms. The first-order chi connectivity index (χ1) is 9.40. The Morgan fingerprint density at radius 1 is 1.35 bits per heavy atom. The van der Waals surface area contributed by atoms with Gasteiger partial charge in [-0.3, -0.25) is 0 Å². The minimum atomic E-state index is -1.10. The first-order valence-electron chi connectivity index (χ1n) is 5.29. The fraction of sp³-hybridized carbons (Fsp3) is 0. The third-order valence-corrected chi connectivity index (χ3v) is 4.22. The van der Waals surface area contributed by atoms with Crippen molar-refractivity contribution in [3.8, 4) is 0 Å². The molecule has 0 bridgehead atoms. The van der Waals surface area contributed by atoms with Crippen LogP contribution >= 0.6 is 39.1 Å². The van der Waals surface area contributed by atoms with Gasteiger partial charge in [-0.25, -0.2) is 9.78 Å². The lowest BCUT2D eigenvalue weighted by Gasteiger charge is -2.11. The van der Waals surface area contributed by atoms with Gasteiger partial charge >= 0.3 is 5.97 Å². The van der Waals surface area contributed by atoms with Gasteiger partial charge in [0.15, 0.2) is 5.82 Å². The number of nitrogens with two attached hydrogens (primary N) is 1. The Bertz CT molecular complexity index is 695. The summed E-state index contributed by atoms with van der Waals surface area (Å²) in [5.74, 6) is -0.796. The first-order valence-corrected chi connectivity index (χ1v) is 6.84. The van der Waals surface area contributed by atoms with Crippen molar-refractivity contribution in [3.63, 3.8) is 0 Å². The summed E-state index contributed by atoms with van der Waals surface area (Å²) >= 11 is 15.4. The number of hydrogen-bond acceptors (Lipinski definition) is 4. The van der Waals surface area contributed by atoms with Gasteiger partial charge in [-0.05, 0) is 34.1 Å². The van der Waals surface area contributed by atoms with E-state index in [9.17, 15) is 4.79 Å². The van der Waals surface area contributed by atoms with Crippen LogP contribution in [0.3, 0.4) is 0 Å². The summed E-state index contributed by atoms with van der Waals surface area (Å²) in [6.45, 7) is 0. The monoisotopic (exact) mass is 375 g/mol. The van der Waals surface area contributed by atoms with E-state index in [1.165, 1.54) is 12.3 Å². The lowest BCUT2D eigenvalue weighted by molar-refractivity contribution is 0.0696. The van der Waals surface area contributed by atoms with E-state index >= 15 is 0 Å². The molecule has 8 heteroatoms. The standard InChI is InChI=1S/C12H8BrCl2N3O2/c13-6-1-2-8(10(15)9(6)14)18-11-7(16)3-5(4-17-11)12(19)20/h1-4H,16H2,(H,17,18)(H,19,20). The van der Waals surface area contributed by atoms with Crippen molar-refractivity contribution in [2.75, 3.05) is 11.1 Å². The lowest BCUT2D eigenvalue weighted by atomic mass is 10.2. The average molecular weight is 377 g/mol. The second-order valence-electron chi connectivity index (χ2n) is 3.81. The molecule has 0 aliphatic rings. The number of aromatic carboxylic acids is 1. The fourth-order valence-corrected chi connectivity index (χ4v) is 2.27. The number of hydrogen-bond donors (Lipinski definition) is 3. The van der Waals surface area contributed by atoms with E-state index in [-0.39, 0.29) is 11.3 Å². The number of benzene rings is 1. The molecule has 1 aromatic carbocycles. The van der Waals surface area contributed by atoms with Gasteiger partial charge in [-0.1, -0.05) is 23.2 Å². The fourth-order valence-electron chi connectivity index (χ4n) is 1.45. The van der Waals surface area contributed by atoms with E-state index in [1.807, 2.05) is 0 Å². The molecule has 0 unspecified atom stereocenters. The number of pyridine rings is 1. The molecule has 5 nitrogen and oxygen atoms in total. The number of nitrogens with zero attached hydrogens (tertiary/aromatic N) is 1. The second-order valence-corrected chi connectivity index (χ2v) is 5.43. The normalized spacial score (nSPS) is 10.3. The molecule has 2 aromatic rings. The summed E-state index contributed by atoms with van der Waals surface area (Å²) in [6, 6.07) is 4.73. The van der Waals surface area contributed by atoms with Gasteiger partial charge < -0.3 is 16.2 Å². The molecule has 0 aliphatic carbocycles. The van der Waals surface area contributed by atoms with Crippen LogP contribution in [0.15, 0.2) is 28.9 Å². The van der Waals surface area contributed by atoms with Crippen LogP contribution in [0.4, 0.5) is 17.2 Å². The maximum Gasteiger partial charge on any atom is 0.337 e. The number of aromatic nitrogens is 1. The Morgan fingerprint density at radius 2 is 2.05 bits per heavy atom. The molecule has 0 aliphatic heterocycles. The zero-order valence-electron chi connectivity index (χ0n) is 9.82. The van der Waals surface area contributed by atoms with E-state index in [0.717, 1.165) is 0 Å². The average Bonchev–Trinajstić information content (AvgIpc) is 2.41. The SMILES string of the molecule is Nc1cc(C(=O)O)cnc1Nc1ccc(Br)c(Cl)c1Cl. The van der Waals surface area contributed by atoms with Crippen LogP contribution in [-0.2, 0) is 0 Å². The highest BCUT2D eigenvalue weighted by Gasteiger charge is 2.12. The molecule has 1 heterocycles. The summed E-state index contributed by atoms with van der Waals surface area (Å²) in [5.41, 5.74) is 6.47. The van der Waals surface area contributed by atoms with E-state index < -0.39 is 5.97 Å². The molecular weight excluding hydrogens is 369 g/mol. The van der Waals surface area contributed by atoms with Crippen molar-refractivity contribution in [1.82, 2.24) is 4.98 Å². The van der Waals surface area contributed by atoms with Crippen molar-refractivity contribution in [1.29, 1.82) is 0 Å². The molecule has 0 amide bonds. The summed E-state index contributed by atoms with van der Waals surface area (Å²) in [4.78, 5) is 14.8. The number of rotatable bonds is 3. The van der Waals surface area contributed by atoms with Crippen molar-refractivity contribution >= 4 is 62.3 Å². The summed E-state index contributed by atoms with van der Waals surface area (Å²) in [7, 11) is 0. The molecule has 0 fully saturated rings. The topological polar surface area (TPSA) is 88.2 Å². The maximum atomic E-state index is 10.8. The molecule has 4 N–H and O–H groups in total. The predicted molar refractivity (Wildman–Crippen MR) is 83.1 cm³/mol. The Morgan fingerprint density at radius 3 is 2.65 bits per heavy atom. The Labute approximate surface area is 132 Å². The summed E-state index contributed by atoms with van der Waals surface area (Å²) in [6.07, 6.45) is 1.20. The zero-order chi connectivity index (χ0) is 14.9. The van der Waals surface area contributed by atoms with Gasteiger partial charge in [-0.15, -0.1) is 0 Å². The van der Waals surface area contributed by atoms with Crippen molar-refractivity contribution in [2.45, 2.75) is 0 Å². The lowest BCUT2D eigenvalue weighted by Crippen LogP contribution is -2.04. The van der Waals surface area contributed by atoms with Crippen LogP contribution in [0.2, 0.25) is 10.0 Å². The van der Waals surface area contributed by atoms with E-state index in [0.29, 0.717) is 26.0 Å². The van der Waals surface area contributed by atoms with Crippen LogP contribution in [0.25, 0.3) is 0 Å². The minimum Gasteiger partial charge on any atom is -0.478 e. The molecule has 0 atom stereocenters. The number of anilines is 3. The molecule has 20 heavy (non-hydrogen) atoms. The molecule has 2 rings (SSSR count). The maximum absolute atomic E-state index is 10.8. The highest BCUT2D eigenvalue weighted by molar-refractivity contribution is 9.10. The number of nitrogens with one attached hydrogen (secondary N) is 1. The smallest absolute Gasteiger partial charge is 0.337 e. The van der Waals surface area contributed by atoms with Gasteiger partial charge in [0.05, 0.1) is 27.0 Å². The number of halogens is 3. The van der Waals surface area contributed by atoms with Crippen LogP contribution in [0, 0.1) is 0 Å².